The third-order valence-corrected chi connectivity index (χ3v) is 3.33. The smallest absolute Gasteiger partial charge is 0.258 e. The second-order valence-electron chi connectivity index (χ2n) is 5.32. The van der Waals surface area contributed by atoms with Gasteiger partial charge in [-0.25, -0.2) is 0 Å². The fraction of sp³-hybridized carbons (Fsp3) is 0.278. The molecule has 5 heteroatoms. The number of aryl methyl sites for hydroxylation is 2. The number of carbonyl (C=O) groups is 1. The van der Waals surface area contributed by atoms with Crippen molar-refractivity contribution in [3.8, 4) is 11.5 Å². The van der Waals surface area contributed by atoms with Crippen LogP contribution in [-0.2, 0) is 4.79 Å². The maximum atomic E-state index is 11.7. The summed E-state index contributed by atoms with van der Waals surface area (Å²) in [7, 11) is 0. The Morgan fingerprint density at radius 2 is 1.74 bits per heavy atom. The molecule has 0 saturated carbocycles. The average molecular weight is 314 g/mol. The molecule has 0 radical (unpaired) electrons. The van der Waals surface area contributed by atoms with Crippen molar-refractivity contribution in [3.05, 3.63) is 53.6 Å². The van der Waals surface area contributed by atoms with Crippen LogP contribution < -0.4 is 20.5 Å². The Hall–Kier alpha value is -2.69. The summed E-state index contributed by atoms with van der Waals surface area (Å²) < 4.78 is 11.0. The van der Waals surface area contributed by atoms with Gasteiger partial charge < -0.3 is 20.5 Å². The molecule has 0 spiro atoms. The molecule has 0 aliphatic rings. The van der Waals surface area contributed by atoms with Crippen LogP contribution >= 0.6 is 0 Å². The van der Waals surface area contributed by atoms with E-state index < -0.39 is 0 Å². The Morgan fingerprint density at radius 3 is 2.43 bits per heavy atom. The molecule has 0 saturated heterocycles. The lowest BCUT2D eigenvalue weighted by molar-refractivity contribution is -0.123. The Labute approximate surface area is 136 Å². The fourth-order valence-electron chi connectivity index (χ4n) is 1.93. The lowest BCUT2D eigenvalue weighted by atomic mass is 10.2. The van der Waals surface area contributed by atoms with Gasteiger partial charge in [-0.15, -0.1) is 0 Å². The number of amides is 1. The maximum absolute atomic E-state index is 11.7. The van der Waals surface area contributed by atoms with E-state index in [1.165, 1.54) is 0 Å². The Kier molecular flexibility index (Phi) is 5.86. The second-order valence-corrected chi connectivity index (χ2v) is 5.32. The lowest BCUT2D eigenvalue weighted by Crippen LogP contribution is -2.32. The lowest BCUT2D eigenvalue weighted by Gasteiger charge is -2.10. The molecule has 0 aliphatic heterocycles. The molecule has 0 bridgehead atoms. The zero-order valence-electron chi connectivity index (χ0n) is 13.5. The van der Waals surface area contributed by atoms with E-state index in [2.05, 4.69) is 5.32 Å². The molecule has 2 aromatic rings. The van der Waals surface area contributed by atoms with Crippen molar-refractivity contribution < 1.29 is 14.3 Å². The van der Waals surface area contributed by atoms with Gasteiger partial charge in [0, 0.05) is 5.69 Å². The van der Waals surface area contributed by atoms with E-state index in [4.69, 9.17) is 15.2 Å². The summed E-state index contributed by atoms with van der Waals surface area (Å²) in [5, 5.41) is 2.75. The highest BCUT2D eigenvalue weighted by Gasteiger charge is 2.03. The van der Waals surface area contributed by atoms with Crippen LogP contribution in [0.15, 0.2) is 42.5 Å². The van der Waals surface area contributed by atoms with Crippen molar-refractivity contribution in [2.24, 2.45) is 0 Å². The average Bonchev–Trinajstić information content (AvgIpc) is 2.54. The maximum Gasteiger partial charge on any atom is 0.258 e. The van der Waals surface area contributed by atoms with Gasteiger partial charge in [-0.2, -0.15) is 0 Å². The third kappa shape index (κ3) is 5.54. The number of ether oxygens (including phenoxy) is 2. The first-order valence-electron chi connectivity index (χ1n) is 7.49. The van der Waals surface area contributed by atoms with Crippen LogP contribution in [0.1, 0.15) is 11.1 Å². The van der Waals surface area contributed by atoms with Crippen LogP contribution in [0.2, 0.25) is 0 Å². The SMILES string of the molecule is Cc1ccc(OCC(=O)NCCOc2ccc(N)c(C)c2)cc1. The predicted molar refractivity (Wildman–Crippen MR) is 90.8 cm³/mol. The van der Waals surface area contributed by atoms with Crippen molar-refractivity contribution in [1.82, 2.24) is 5.32 Å². The van der Waals surface area contributed by atoms with Crippen LogP contribution in [0.25, 0.3) is 0 Å². The van der Waals surface area contributed by atoms with E-state index in [0.29, 0.717) is 18.9 Å². The monoisotopic (exact) mass is 314 g/mol. The zero-order valence-corrected chi connectivity index (χ0v) is 13.5. The number of rotatable bonds is 7. The van der Waals surface area contributed by atoms with Gasteiger partial charge in [0.15, 0.2) is 6.61 Å². The number of anilines is 1. The number of nitrogens with one attached hydrogen (secondary N) is 1. The highest BCUT2D eigenvalue weighted by atomic mass is 16.5. The van der Waals surface area contributed by atoms with E-state index in [1.54, 1.807) is 6.07 Å². The van der Waals surface area contributed by atoms with Gasteiger partial charge in [-0.05, 0) is 49.7 Å². The van der Waals surface area contributed by atoms with Gasteiger partial charge in [-0.3, -0.25) is 4.79 Å². The molecule has 0 unspecified atom stereocenters. The Balaban J connectivity index is 1.64. The van der Waals surface area contributed by atoms with Gasteiger partial charge >= 0.3 is 0 Å². The molecule has 0 fully saturated rings. The molecule has 122 valence electrons. The minimum absolute atomic E-state index is 0.00988. The van der Waals surface area contributed by atoms with Crippen LogP contribution in [0.5, 0.6) is 11.5 Å². The fourth-order valence-corrected chi connectivity index (χ4v) is 1.93. The summed E-state index contributed by atoms with van der Waals surface area (Å²) in [4.78, 5) is 11.7. The third-order valence-electron chi connectivity index (χ3n) is 3.33. The van der Waals surface area contributed by atoms with Crippen molar-refractivity contribution in [2.75, 3.05) is 25.5 Å². The van der Waals surface area contributed by atoms with E-state index >= 15 is 0 Å². The van der Waals surface area contributed by atoms with Crippen molar-refractivity contribution >= 4 is 11.6 Å². The summed E-state index contributed by atoms with van der Waals surface area (Å²) in [5.41, 5.74) is 8.60. The van der Waals surface area contributed by atoms with Crippen molar-refractivity contribution in [2.45, 2.75) is 13.8 Å². The summed E-state index contributed by atoms with van der Waals surface area (Å²) in [6, 6.07) is 13.1. The van der Waals surface area contributed by atoms with Crippen LogP contribution in [0.3, 0.4) is 0 Å². The number of carbonyl (C=O) groups excluding carboxylic acids is 1. The molecule has 23 heavy (non-hydrogen) atoms. The minimum atomic E-state index is -0.178. The topological polar surface area (TPSA) is 73.6 Å². The Bertz CT molecular complexity index is 654. The van der Waals surface area contributed by atoms with Crippen LogP contribution in [-0.4, -0.2) is 25.7 Å². The molecule has 0 atom stereocenters. The highest BCUT2D eigenvalue weighted by molar-refractivity contribution is 5.77. The van der Waals surface area contributed by atoms with E-state index in [9.17, 15) is 4.79 Å². The first-order valence-corrected chi connectivity index (χ1v) is 7.49. The van der Waals surface area contributed by atoms with E-state index in [0.717, 1.165) is 22.6 Å². The van der Waals surface area contributed by atoms with Gasteiger partial charge in [0.2, 0.25) is 0 Å². The molecule has 2 rings (SSSR count). The van der Waals surface area contributed by atoms with Crippen LogP contribution in [0.4, 0.5) is 5.69 Å². The van der Waals surface area contributed by atoms with Crippen LogP contribution in [0, 0.1) is 13.8 Å². The van der Waals surface area contributed by atoms with Gasteiger partial charge in [0.25, 0.3) is 5.91 Å². The number of nitrogen functional groups attached to an aromatic ring is 1. The number of hydrogen-bond donors (Lipinski definition) is 2. The molecule has 5 nitrogen and oxygen atoms in total. The second kappa shape index (κ2) is 8.08. The van der Waals surface area contributed by atoms with Gasteiger partial charge in [0.05, 0.1) is 6.54 Å². The summed E-state index contributed by atoms with van der Waals surface area (Å²) in [6.07, 6.45) is 0. The highest BCUT2D eigenvalue weighted by Crippen LogP contribution is 2.18. The Morgan fingerprint density at radius 1 is 1.04 bits per heavy atom. The summed E-state index contributed by atoms with van der Waals surface area (Å²) in [6.45, 7) is 4.72. The number of hydrogen-bond acceptors (Lipinski definition) is 4. The molecule has 1 amide bonds. The van der Waals surface area contributed by atoms with E-state index in [1.807, 2.05) is 50.2 Å². The minimum Gasteiger partial charge on any atom is -0.492 e. The molecule has 3 N–H and O–H groups in total. The predicted octanol–water partition coefficient (Wildman–Crippen LogP) is 2.46. The van der Waals surface area contributed by atoms with E-state index in [-0.39, 0.29) is 12.5 Å². The van der Waals surface area contributed by atoms with Crippen molar-refractivity contribution in [1.29, 1.82) is 0 Å². The summed E-state index contributed by atoms with van der Waals surface area (Å²) in [5.74, 6) is 1.24. The zero-order chi connectivity index (χ0) is 16.7. The number of benzene rings is 2. The normalized spacial score (nSPS) is 10.2. The molecular formula is C18H22N2O3. The standard InChI is InChI=1S/C18H22N2O3/c1-13-3-5-15(6-4-13)23-12-18(21)20-9-10-22-16-7-8-17(19)14(2)11-16/h3-8,11H,9-10,12,19H2,1-2H3,(H,20,21). The van der Waals surface area contributed by atoms with Crippen molar-refractivity contribution in [3.63, 3.8) is 0 Å². The number of nitrogens with two attached hydrogens (primary N) is 1. The van der Waals surface area contributed by atoms with Gasteiger partial charge in [-0.1, -0.05) is 17.7 Å². The first kappa shape index (κ1) is 16.7. The quantitative estimate of drug-likeness (QED) is 0.608. The first-order chi connectivity index (χ1) is 11.0. The molecule has 0 aromatic heterocycles. The largest absolute Gasteiger partial charge is 0.492 e. The molecule has 2 aromatic carbocycles. The van der Waals surface area contributed by atoms with Gasteiger partial charge in [0.1, 0.15) is 18.1 Å². The molecule has 0 heterocycles. The molecular weight excluding hydrogens is 292 g/mol. The molecule has 0 aliphatic carbocycles. The summed E-state index contributed by atoms with van der Waals surface area (Å²) >= 11 is 0.